The zero-order valence-corrected chi connectivity index (χ0v) is 9.77. The maximum absolute atomic E-state index is 11.7. The molecule has 0 aliphatic heterocycles. The molecule has 1 amide bonds. The van der Waals surface area contributed by atoms with Crippen molar-refractivity contribution < 1.29 is 14.7 Å². The maximum Gasteiger partial charge on any atom is 0.323 e. The third kappa shape index (κ3) is 3.32. The number of aliphatic carboxylic acids is 1. The number of carbonyl (C=O) groups excluding carboxylic acids is 1. The fourth-order valence-electron chi connectivity index (χ4n) is 1.53. The summed E-state index contributed by atoms with van der Waals surface area (Å²) in [6.07, 6.45) is 1.20. The van der Waals surface area contributed by atoms with Crippen molar-refractivity contribution in [2.45, 2.75) is 6.42 Å². The van der Waals surface area contributed by atoms with Crippen molar-refractivity contribution in [2.75, 3.05) is 5.32 Å². The Labute approximate surface area is 107 Å². The molecule has 2 aromatic rings. The standard InChI is InChI=1S/C12H11N3O4/c16-10(17)5-7-1-3-8(4-2-7)14-11(18)9-6-13-12(19)15-9/h1-4,6H,5H2,(H,14,18)(H,16,17)(H2,13,15,19). The Bertz CT molecular complexity index is 654. The number of rotatable bonds is 4. The number of anilines is 1. The Morgan fingerprint density at radius 2 is 1.89 bits per heavy atom. The molecule has 0 saturated carbocycles. The van der Waals surface area contributed by atoms with E-state index in [4.69, 9.17) is 5.11 Å². The molecule has 0 atom stereocenters. The van der Waals surface area contributed by atoms with Crippen molar-refractivity contribution in [3.8, 4) is 0 Å². The van der Waals surface area contributed by atoms with Gasteiger partial charge in [0.25, 0.3) is 5.91 Å². The van der Waals surface area contributed by atoms with Crippen molar-refractivity contribution in [3.63, 3.8) is 0 Å². The Morgan fingerprint density at radius 3 is 2.42 bits per heavy atom. The largest absolute Gasteiger partial charge is 0.481 e. The molecular formula is C12H11N3O4. The number of aromatic amines is 2. The van der Waals surface area contributed by atoms with Crippen LogP contribution in [0.15, 0.2) is 35.3 Å². The highest BCUT2D eigenvalue weighted by molar-refractivity contribution is 6.02. The molecular weight excluding hydrogens is 250 g/mol. The first-order valence-corrected chi connectivity index (χ1v) is 5.44. The van der Waals surface area contributed by atoms with Crippen molar-refractivity contribution in [1.82, 2.24) is 9.97 Å². The third-order valence-corrected chi connectivity index (χ3v) is 2.41. The van der Waals surface area contributed by atoms with Crippen LogP contribution in [-0.2, 0) is 11.2 Å². The monoisotopic (exact) mass is 261 g/mol. The van der Waals surface area contributed by atoms with Gasteiger partial charge in [-0.3, -0.25) is 9.59 Å². The summed E-state index contributed by atoms with van der Waals surface area (Å²) < 4.78 is 0. The second kappa shape index (κ2) is 5.21. The molecule has 0 unspecified atom stereocenters. The summed E-state index contributed by atoms with van der Waals surface area (Å²) in [4.78, 5) is 37.7. The molecule has 4 N–H and O–H groups in total. The van der Waals surface area contributed by atoms with Crippen LogP contribution in [0.1, 0.15) is 16.1 Å². The van der Waals surface area contributed by atoms with Gasteiger partial charge in [0.1, 0.15) is 5.69 Å². The zero-order chi connectivity index (χ0) is 13.8. The lowest BCUT2D eigenvalue weighted by Gasteiger charge is -2.04. The Kier molecular flexibility index (Phi) is 3.46. The molecule has 1 aromatic heterocycles. The number of H-pyrrole nitrogens is 2. The summed E-state index contributed by atoms with van der Waals surface area (Å²) in [5.74, 6) is -1.37. The summed E-state index contributed by atoms with van der Waals surface area (Å²) in [5.41, 5.74) is 0.823. The molecule has 0 radical (unpaired) electrons. The van der Waals surface area contributed by atoms with Crippen LogP contribution in [0, 0.1) is 0 Å². The molecule has 0 aliphatic carbocycles. The SMILES string of the molecule is O=C(O)Cc1ccc(NC(=O)c2c[nH]c(=O)[nH]2)cc1. The van der Waals surface area contributed by atoms with Gasteiger partial charge in [-0.25, -0.2) is 4.79 Å². The summed E-state index contributed by atoms with van der Waals surface area (Å²) in [7, 11) is 0. The first kappa shape index (κ1) is 12.6. The van der Waals surface area contributed by atoms with Gasteiger partial charge in [0.05, 0.1) is 6.42 Å². The summed E-state index contributed by atoms with van der Waals surface area (Å²) in [6, 6.07) is 6.43. The van der Waals surface area contributed by atoms with Gasteiger partial charge in [-0.15, -0.1) is 0 Å². The lowest BCUT2D eigenvalue weighted by molar-refractivity contribution is -0.136. The quantitative estimate of drug-likeness (QED) is 0.644. The highest BCUT2D eigenvalue weighted by Crippen LogP contribution is 2.11. The van der Waals surface area contributed by atoms with E-state index >= 15 is 0 Å². The topological polar surface area (TPSA) is 115 Å². The third-order valence-electron chi connectivity index (χ3n) is 2.41. The number of benzene rings is 1. The fraction of sp³-hybridized carbons (Fsp3) is 0.0833. The second-order valence-corrected chi connectivity index (χ2v) is 3.88. The van der Waals surface area contributed by atoms with Gasteiger partial charge in [-0.05, 0) is 17.7 Å². The minimum atomic E-state index is -0.915. The highest BCUT2D eigenvalue weighted by atomic mass is 16.4. The number of carbonyl (C=O) groups is 2. The lowest BCUT2D eigenvalue weighted by atomic mass is 10.1. The number of carboxylic acids is 1. The molecule has 7 heteroatoms. The molecule has 7 nitrogen and oxygen atoms in total. The molecule has 1 heterocycles. The van der Waals surface area contributed by atoms with E-state index in [9.17, 15) is 14.4 Å². The predicted molar refractivity (Wildman–Crippen MR) is 67.1 cm³/mol. The van der Waals surface area contributed by atoms with Gasteiger partial charge in [0, 0.05) is 11.9 Å². The van der Waals surface area contributed by atoms with Crippen LogP contribution in [0.25, 0.3) is 0 Å². The van der Waals surface area contributed by atoms with E-state index in [0.717, 1.165) is 0 Å². The Balaban J connectivity index is 2.05. The number of hydrogen-bond donors (Lipinski definition) is 4. The average Bonchev–Trinajstić information content (AvgIpc) is 2.78. The van der Waals surface area contributed by atoms with E-state index in [-0.39, 0.29) is 12.1 Å². The number of aromatic nitrogens is 2. The van der Waals surface area contributed by atoms with Crippen molar-refractivity contribution in [2.24, 2.45) is 0 Å². The van der Waals surface area contributed by atoms with E-state index in [1.165, 1.54) is 6.20 Å². The molecule has 19 heavy (non-hydrogen) atoms. The minimum Gasteiger partial charge on any atom is -0.481 e. The van der Waals surface area contributed by atoms with Crippen LogP contribution < -0.4 is 11.0 Å². The molecule has 0 saturated heterocycles. The maximum atomic E-state index is 11.7. The van der Waals surface area contributed by atoms with E-state index in [1.807, 2.05) is 0 Å². The van der Waals surface area contributed by atoms with Gasteiger partial charge in [0.2, 0.25) is 0 Å². The van der Waals surface area contributed by atoms with Gasteiger partial charge in [0.15, 0.2) is 0 Å². The van der Waals surface area contributed by atoms with Crippen molar-refractivity contribution in [1.29, 1.82) is 0 Å². The molecule has 0 fully saturated rings. The normalized spacial score (nSPS) is 10.1. The Hall–Kier alpha value is -2.83. The van der Waals surface area contributed by atoms with E-state index < -0.39 is 17.6 Å². The molecule has 1 aromatic carbocycles. The molecule has 0 aliphatic rings. The van der Waals surface area contributed by atoms with Gasteiger partial charge >= 0.3 is 11.7 Å². The molecule has 0 bridgehead atoms. The summed E-state index contributed by atoms with van der Waals surface area (Å²) >= 11 is 0. The molecule has 98 valence electrons. The number of carboxylic acid groups (broad SMARTS) is 1. The fourth-order valence-corrected chi connectivity index (χ4v) is 1.53. The summed E-state index contributed by atoms with van der Waals surface area (Å²) in [5, 5.41) is 11.2. The smallest absolute Gasteiger partial charge is 0.323 e. The number of hydrogen-bond acceptors (Lipinski definition) is 3. The van der Waals surface area contributed by atoms with Crippen LogP contribution in [0.4, 0.5) is 5.69 Å². The van der Waals surface area contributed by atoms with Crippen molar-refractivity contribution in [3.05, 3.63) is 52.2 Å². The van der Waals surface area contributed by atoms with Crippen LogP contribution in [-0.4, -0.2) is 27.0 Å². The predicted octanol–water partition coefficient (Wildman–Crippen LogP) is 0.582. The second-order valence-electron chi connectivity index (χ2n) is 3.88. The van der Waals surface area contributed by atoms with Crippen LogP contribution >= 0.6 is 0 Å². The number of amides is 1. The average molecular weight is 261 g/mol. The van der Waals surface area contributed by atoms with Crippen LogP contribution in [0.2, 0.25) is 0 Å². The number of imidazole rings is 1. The lowest BCUT2D eigenvalue weighted by Crippen LogP contribution is -2.14. The first-order chi connectivity index (χ1) is 9.04. The number of nitrogens with one attached hydrogen (secondary N) is 3. The van der Waals surface area contributed by atoms with E-state index in [2.05, 4.69) is 15.3 Å². The minimum absolute atomic E-state index is 0.0701. The highest BCUT2D eigenvalue weighted by Gasteiger charge is 2.08. The van der Waals surface area contributed by atoms with E-state index in [0.29, 0.717) is 11.3 Å². The molecule has 0 spiro atoms. The summed E-state index contributed by atoms with van der Waals surface area (Å²) in [6.45, 7) is 0. The van der Waals surface area contributed by atoms with Crippen LogP contribution in [0.5, 0.6) is 0 Å². The van der Waals surface area contributed by atoms with Crippen molar-refractivity contribution >= 4 is 17.6 Å². The van der Waals surface area contributed by atoms with Crippen LogP contribution in [0.3, 0.4) is 0 Å². The van der Waals surface area contributed by atoms with E-state index in [1.54, 1.807) is 24.3 Å². The Morgan fingerprint density at radius 1 is 1.21 bits per heavy atom. The van der Waals surface area contributed by atoms with Gasteiger partial charge in [-0.2, -0.15) is 0 Å². The zero-order valence-electron chi connectivity index (χ0n) is 9.77. The molecule has 2 rings (SSSR count). The van der Waals surface area contributed by atoms with Gasteiger partial charge in [-0.1, -0.05) is 12.1 Å². The first-order valence-electron chi connectivity index (χ1n) is 5.44. The van der Waals surface area contributed by atoms with Gasteiger partial charge < -0.3 is 20.4 Å².